The van der Waals surface area contributed by atoms with E-state index >= 15 is 0 Å². The molecule has 0 amide bonds. The summed E-state index contributed by atoms with van der Waals surface area (Å²) in [5, 5.41) is 3.58. The van der Waals surface area contributed by atoms with Gasteiger partial charge in [0.1, 0.15) is 0 Å². The molecule has 0 radical (unpaired) electrons. The van der Waals surface area contributed by atoms with Crippen LogP contribution >= 0.6 is 0 Å². The van der Waals surface area contributed by atoms with Crippen LogP contribution in [0.1, 0.15) is 32.1 Å². The van der Waals surface area contributed by atoms with Crippen molar-refractivity contribution in [1.82, 2.24) is 14.9 Å². The number of aromatic nitrogens is 2. The lowest BCUT2D eigenvalue weighted by Crippen LogP contribution is -2.44. The molecule has 4 rings (SSSR count). The summed E-state index contributed by atoms with van der Waals surface area (Å²) in [6.07, 6.45) is 8.12. The van der Waals surface area contributed by atoms with Gasteiger partial charge in [0.05, 0.1) is 12.0 Å². The summed E-state index contributed by atoms with van der Waals surface area (Å²) in [5.74, 6) is 0.590. The summed E-state index contributed by atoms with van der Waals surface area (Å²) >= 11 is 0. The zero-order chi connectivity index (χ0) is 16.4. The van der Waals surface area contributed by atoms with E-state index in [-0.39, 0.29) is 5.56 Å². The third kappa shape index (κ3) is 2.91. The molecule has 2 heterocycles. The highest BCUT2D eigenvalue weighted by Gasteiger charge is 2.43. The van der Waals surface area contributed by atoms with E-state index in [1.54, 1.807) is 12.4 Å². The molecule has 1 spiro atoms. The fourth-order valence-electron chi connectivity index (χ4n) is 4.62. The lowest BCUT2D eigenvalue weighted by atomic mass is 9.72. The zero-order valence-electron chi connectivity index (χ0n) is 14.1. The van der Waals surface area contributed by atoms with Gasteiger partial charge in [0.25, 0.3) is 5.56 Å². The van der Waals surface area contributed by atoms with Gasteiger partial charge in [0.15, 0.2) is 0 Å². The Kier molecular flexibility index (Phi) is 4.23. The standard InChI is InChI=1S/C20H25N3O/c24-19-12-18(16-6-2-1-3-7-16)22-15-23(19)13-17-8-4-9-20(17)10-5-11-21-14-20/h1-3,6-7,12,15,17,21H,4-5,8-11,13-14H2. The molecule has 4 heteroatoms. The first-order valence-electron chi connectivity index (χ1n) is 9.09. The average Bonchev–Trinajstić information content (AvgIpc) is 3.00. The Hall–Kier alpha value is -1.94. The Morgan fingerprint density at radius 1 is 1.21 bits per heavy atom. The van der Waals surface area contributed by atoms with Gasteiger partial charge in [-0.2, -0.15) is 0 Å². The van der Waals surface area contributed by atoms with Crippen LogP contribution in [0.25, 0.3) is 11.3 Å². The van der Waals surface area contributed by atoms with Crippen LogP contribution in [-0.4, -0.2) is 22.6 Å². The van der Waals surface area contributed by atoms with Gasteiger partial charge in [-0.3, -0.25) is 9.36 Å². The third-order valence-electron chi connectivity index (χ3n) is 5.96. The summed E-state index contributed by atoms with van der Waals surface area (Å²) < 4.78 is 1.82. The van der Waals surface area contributed by atoms with E-state index in [1.807, 2.05) is 34.9 Å². The van der Waals surface area contributed by atoms with Gasteiger partial charge in [0, 0.05) is 24.7 Å². The largest absolute Gasteiger partial charge is 0.316 e. The Balaban J connectivity index is 1.56. The van der Waals surface area contributed by atoms with Crippen molar-refractivity contribution < 1.29 is 0 Å². The van der Waals surface area contributed by atoms with E-state index in [2.05, 4.69) is 10.3 Å². The smallest absolute Gasteiger partial charge is 0.253 e. The van der Waals surface area contributed by atoms with Gasteiger partial charge in [-0.25, -0.2) is 4.98 Å². The van der Waals surface area contributed by atoms with Gasteiger partial charge < -0.3 is 5.32 Å². The minimum Gasteiger partial charge on any atom is -0.316 e. The maximum absolute atomic E-state index is 12.6. The lowest BCUT2D eigenvalue weighted by Gasteiger charge is -2.39. The van der Waals surface area contributed by atoms with Crippen LogP contribution in [0.2, 0.25) is 0 Å². The number of piperidine rings is 1. The molecule has 2 fully saturated rings. The van der Waals surface area contributed by atoms with E-state index < -0.39 is 0 Å². The lowest BCUT2D eigenvalue weighted by molar-refractivity contribution is 0.129. The molecule has 2 atom stereocenters. The zero-order valence-corrected chi connectivity index (χ0v) is 14.1. The molecule has 1 saturated heterocycles. The van der Waals surface area contributed by atoms with Crippen molar-refractivity contribution in [2.24, 2.45) is 11.3 Å². The Morgan fingerprint density at radius 2 is 2.04 bits per heavy atom. The van der Waals surface area contributed by atoms with Crippen molar-refractivity contribution in [3.63, 3.8) is 0 Å². The first kappa shape index (κ1) is 15.6. The van der Waals surface area contributed by atoms with Crippen molar-refractivity contribution in [2.45, 2.75) is 38.6 Å². The number of benzene rings is 1. The highest BCUT2D eigenvalue weighted by atomic mass is 16.1. The molecule has 2 aromatic rings. The van der Waals surface area contributed by atoms with Gasteiger partial charge >= 0.3 is 0 Å². The monoisotopic (exact) mass is 323 g/mol. The minimum absolute atomic E-state index is 0.0645. The second kappa shape index (κ2) is 6.52. The molecule has 1 saturated carbocycles. The highest BCUT2D eigenvalue weighted by Crippen LogP contribution is 2.48. The predicted molar refractivity (Wildman–Crippen MR) is 95.8 cm³/mol. The average molecular weight is 323 g/mol. The van der Waals surface area contributed by atoms with Crippen molar-refractivity contribution >= 4 is 0 Å². The molecule has 1 aromatic heterocycles. The van der Waals surface area contributed by atoms with Crippen LogP contribution in [0, 0.1) is 11.3 Å². The van der Waals surface area contributed by atoms with Gasteiger partial charge in [-0.15, -0.1) is 0 Å². The summed E-state index contributed by atoms with van der Waals surface area (Å²) in [6.45, 7) is 3.06. The van der Waals surface area contributed by atoms with Crippen molar-refractivity contribution in [3.8, 4) is 11.3 Å². The fourth-order valence-corrected chi connectivity index (χ4v) is 4.62. The summed E-state index contributed by atoms with van der Waals surface area (Å²) in [5.41, 5.74) is 2.22. The topological polar surface area (TPSA) is 46.9 Å². The number of rotatable bonds is 3. The van der Waals surface area contributed by atoms with E-state index in [9.17, 15) is 4.79 Å². The third-order valence-corrected chi connectivity index (χ3v) is 5.96. The number of nitrogens with zero attached hydrogens (tertiary/aromatic N) is 2. The van der Waals surface area contributed by atoms with E-state index in [0.717, 1.165) is 30.9 Å². The SMILES string of the molecule is O=c1cc(-c2ccccc2)ncn1CC1CCCC12CCCNC2. The Bertz CT molecular complexity index is 747. The molecule has 126 valence electrons. The second-order valence-corrected chi connectivity index (χ2v) is 7.36. The van der Waals surface area contributed by atoms with Crippen LogP contribution in [0.15, 0.2) is 47.5 Å². The minimum atomic E-state index is 0.0645. The highest BCUT2D eigenvalue weighted by molar-refractivity contribution is 5.57. The normalized spacial score (nSPS) is 26.8. The van der Waals surface area contributed by atoms with Crippen molar-refractivity contribution in [1.29, 1.82) is 0 Å². The molecule has 1 aliphatic heterocycles. The molecule has 2 aliphatic rings. The molecule has 24 heavy (non-hydrogen) atoms. The van der Waals surface area contributed by atoms with Crippen LogP contribution in [0.4, 0.5) is 0 Å². The summed E-state index contributed by atoms with van der Waals surface area (Å²) in [4.78, 5) is 17.1. The number of nitrogens with one attached hydrogen (secondary N) is 1. The summed E-state index contributed by atoms with van der Waals surface area (Å²) in [6, 6.07) is 11.6. The van der Waals surface area contributed by atoms with Gasteiger partial charge in [-0.1, -0.05) is 36.8 Å². The molecule has 1 aromatic carbocycles. The number of hydrogen-bond donors (Lipinski definition) is 1. The Morgan fingerprint density at radius 3 is 2.79 bits per heavy atom. The Labute approximate surface area is 142 Å². The van der Waals surface area contributed by atoms with Crippen molar-refractivity contribution in [3.05, 3.63) is 53.1 Å². The fraction of sp³-hybridized carbons (Fsp3) is 0.500. The molecule has 1 N–H and O–H groups in total. The summed E-state index contributed by atoms with van der Waals surface area (Å²) in [7, 11) is 0. The molecule has 2 unspecified atom stereocenters. The maximum Gasteiger partial charge on any atom is 0.253 e. The van der Waals surface area contributed by atoms with Crippen LogP contribution in [-0.2, 0) is 6.54 Å². The maximum atomic E-state index is 12.6. The molecule has 0 bridgehead atoms. The van der Waals surface area contributed by atoms with Gasteiger partial charge in [0.2, 0.25) is 0 Å². The van der Waals surface area contributed by atoms with Crippen LogP contribution < -0.4 is 10.9 Å². The van der Waals surface area contributed by atoms with E-state index in [1.165, 1.54) is 32.1 Å². The molecular formula is C20H25N3O. The molecule has 1 aliphatic carbocycles. The van der Waals surface area contributed by atoms with Crippen LogP contribution in [0.3, 0.4) is 0 Å². The van der Waals surface area contributed by atoms with Crippen molar-refractivity contribution in [2.75, 3.05) is 13.1 Å². The first-order chi connectivity index (χ1) is 11.8. The molecule has 4 nitrogen and oxygen atoms in total. The first-order valence-corrected chi connectivity index (χ1v) is 9.09. The van der Waals surface area contributed by atoms with Crippen LogP contribution in [0.5, 0.6) is 0 Å². The second-order valence-electron chi connectivity index (χ2n) is 7.36. The molecular weight excluding hydrogens is 298 g/mol. The predicted octanol–water partition coefficient (Wildman–Crippen LogP) is 3.08. The van der Waals surface area contributed by atoms with E-state index in [0.29, 0.717) is 11.3 Å². The van der Waals surface area contributed by atoms with E-state index in [4.69, 9.17) is 0 Å². The quantitative estimate of drug-likeness (QED) is 0.944. The van der Waals surface area contributed by atoms with Gasteiger partial charge in [-0.05, 0) is 43.6 Å². The number of hydrogen-bond acceptors (Lipinski definition) is 3.